The van der Waals surface area contributed by atoms with Crippen molar-refractivity contribution in [3.63, 3.8) is 0 Å². The van der Waals surface area contributed by atoms with E-state index in [9.17, 15) is 31.1 Å². The van der Waals surface area contributed by atoms with Gasteiger partial charge < -0.3 is 14.8 Å². The average molecular weight is 626 g/mol. The van der Waals surface area contributed by atoms with Gasteiger partial charge in [0.05, 0.1) is 17.7 Å². The Hall–Kier alpha value is -3.55. The highest BCUT2D eigenvalue weighted by Crippen LogP contribution is 2.37. The van der Waals surface area contributed by atoms with E-state index in [0.717, 1.165) is 35.1 Å². The zero-order valence-electron chi connectivity index (χ0n) is 24.9. The summed E-state index contributed by atoms with van der Waals surface area (Å²) in [5.74, 6) is -0.870. The molecule has 1 aliphatic heterocycles. The number of hydroxylamine groups is 1. The molecule has 2 heterocycles. The number of nitrogens with one attached hydrogen (secondary N) is 2. The van der Waals surface area contributed by atoms with Crippen LogP contribution in [0.5, 0.6) is 0 Å². The number of piperazine rings is 1. The first-order valence-corrected chi connectivity index (χ1v) is 14.3. The Kier molecular flexibility index (Phi) is 10.6. The number of amides is 1. The van der Waals surface area contributed by atoms with E-state index in [4.69, 9.17) is 4.84 Å². The largest absolute Gasteiger partial charge is 0.416 e. The number of halogens is 6. The van der Waals surface area contributed by atoms with Crippen LogP contribution in [0.4, 0.5) is 26.3 Å². The number of fused-ring (bicyclic) bond motifs is 1. The molecule has 240 valence electrons. The van der Waals surface area contributed by atoms with Crippen LogP contribution in [-0.2, 0) is 23.6 Å². The molecule has 1 aliphatic rings. The fourth-order valence-corrected chi connectivity index (χ4v) is 5.25. The number of nitrogens with zero attached hydrogens (tertiary/aromatic N) is 3. The van der Waals surface area contributed by atoms with Gasteiger partial charge in [0.1, 0.15) is 0 Å². The summed E-state index contributed by atoms with van der Waals surface area (Å²) in [6.07, 6.45) is -5.13. The Morgan fingerprint density at radius 2 is 1.75 bits per heavy atom. The molecule has 2 N–H and O–H groups in total. The van der Waals surface area contributed by atoms with Gasteiger partial charge in [0.2, 0.25) is 0 Å². The lowest BCUT2D eigenvalue weighted by Crippen LogP contribution is -2.56. The molecule has 13 heteroatoms. The molecule has 1 amide bonds. The number of aromatic amines is 1. The lowest BCUT2D eigenvalue weighted by atomic mass is 9.98. The number of alkyl halides is 6. The fourth-order valence-electron chi connectivity index (χ4n) is 5.25. The second kappa shape index (κ2) is 14.0. The maximum atomic E-state index is 13.7. The van der Waals surface area contributed by atoms with Crippen LogP contribution < -0.4 is 5.48 Å². The Balaban J connectivity index is 1.55. The van der Waals surface area contributed by atoms with Gasteiger partial charge in [-0.05, 0) is 76.3 Å². The number of para-hydroxylation sites is 1. The van der Waals surface area contributed by atoms with E-state index in [1.54, 1.807) is 0 Å². The van der Waals surface area contributed by atoms with E-state index in [1.165, 1.54) is 4.90 Å². The van der Waals surface area contributed by atoms with Crippen molar-refractivity contribution >= 4 is 16.8 Å². The fraction of sp³-hybridized carbons (Fsp3) is 0.452. The third-order valence-electron chi connectivity index (χ3n) is 7.53. The standard InChI is InChI=1S/C31H37F6N5O2/c1-21(39-44-14-6-10-40(2)3)9-11-41-12-13-42(26(20-41)17-23-19-38-28-8-5-4-7-27(23)28)29(43)22-15-24(30(32,33)34)18-25(16-22)31(35,36)37/h4-5,7-9,15-16,18-19,26,38-39H,6,10-14,17,20H2,1-3H3/t26-/m1/s1. The van der Waals surface area contributed by atoms with Gasteiger partial charge in [0, 0.05) is 60.6 Å². The van der Waals surface area contributed by atoms with Crippen molar-refractivity contribution in [2.24, 2.45) is 0 Å². The molecule has 1 saturated heterocycles. The second-order valence-electron chi connectivity index (χ2n) is 11.3. The minimum Gasteiger partial charge on any atom is -0.361 e. The SMILES string of the molecule is CC(=CCN1CCN(C(=O)c2cc(C(F)(F)F)cc(C(F)(F)F)c2)[C@H](Cc2c[nH]c3ccccc23)C1)NOCCCN(C)C. The molecule has 44 heavy (non-hydrogen) atoms. The summed E-state index contributed by atoms with van der Waals surface area (Å²) in [6, 6.07) is 8.11. The molecule has 7 nitrogen and oxygen atoms in total. The lowest BCUT2D eigenvalue weighted by molar-refractivity contribution is -0.143. The quantitative estimate of drug-likeness (QED) is 0.157. The first kappa shape index (κ1) is 33.3. The number of carbonyl (C=O) groups is 1. The molecule has 1 fully saturated rings. The lowest BCUT2D eigenvalue weighted by Gasteiger charge is -2.41. The van der Waals surface area contributed by atoms with Gasteiger partial charge in [-0.3, -0.25) is 20.0 Å². The first-order valence-electron chi connectivity index (χ1n) is 14.3. The number of rotatable bonds is 11. The highest BCUT2D eigenvalue weighted by atomic mass is 19.4. The summed E-state index contributed by atoms with van der Waals surface area (Å²) >= 11 is 0. The molecular formula is C31H37F6N5O2. The Morgan fingerprint density at radius 1 is 1.07 bits per heavy atom. The molecule has 4 rings (SSSR count). The van der Waals surface area contributed by atoms with Crippen molar-refractivity contribution in [3.8, 4) is 0 Å². The van der Waals surface area contributed by atoms with Gasteiger partial charge >= 0.3 is 12.4 Å². The Morgan fingerprint density at radius 3 is 2.41 bits per heavy atom. The number of carbonyl (C=O) groups excluding carboxylic acids is 1. The van der Waals surface area contributed by atoms with E-state index < -0.39 is 41.0 Å². The molecule has 0 spiro atoms. The van der Waals surface area contributed by atoms with Crippen LogP contribution in [-0.4, -0.2) is 85.1 Å². The van der Waals surface area contributed by atoms with Gasteiger partial charge in [0.15, 0.2) is 0 Å². The number of allylic oxidation sites excluding steroid dienone is 1. The van der Waals surface area contributed by atoms with Crippen molar-refractivity contribution in [3.05, 3.63) is 82.7 Å². The number of H-pyrrole nitrogens is 1. The van der Waals surface area contributed by atoms with Gasteiger partial charge in [0.25, 0.3) is 5.91 Å². The number of benzene rings is 2. The van der Waals surface area contributed by atoms with Crippen molar-refractivity contribution in [2.45, 2.75) is 38.2 Å². The molecule has 0 aliphatic carbocycles. The first-order chi connectivity index (χ1) is 20.7. The third-order valence-corrected chi connectivity index (χ3v) is 7.53. The highest BCUT2D eigenvalue weighted by molar-refractivity contribution is 5.95. The van der Waals surface area contributed by atoms with Crippen molar-refractivity contribution < 1.29 is 36.0 Å². The molecule has 0 saturated carbocycles. The third kappa shape index (κ3) is 8.76. The highest BCUT2D eigenvalue weighted by Gasteiger charge is 2.39. The molecule has 0 bridgehead atoms. The van der Waals surface area contributed by atoms with Gasteiger partial charge in [-0.1, -0.05) is 18.2 Å². The summed E-state index contributed by atoms with van der Waals surface area (Å²) in [5, 5.41) is 0.932. The van der Waals surface area contributed by atoms with Crippen LogP contribution in [0.3, 0.4) is 0 Å². The van der Waals surface area contributed by atoms with E-state index in [2.05, 4.69) is 20.3 Å². The predicted octanol–water partition coefficient (Wildman–Crippen LogP) is 5.95. The monoisotopic (exact) mass is 625 g/mol. The van der Waals surface area contributed by atoms with Crippen LogP contribution in [0, 0.1) is 0 Å². The zero-order valence-corrected chi connectivity index (χ0v) is 24.9. The maximum Gasteiger partial charge on any atom is 0.416 e. The predicted molar refractivity (Wildman–Crippen MR) is 156 cm³/mol. The van der Waals surface area contributed by atoms with Crippen LogP contribution in [0.1, 0.15) is 40.4 Å². The number of hydrogen-bond acceptors (Lipinski definition) is 5. The summed E-state index contributed by atoms with van der Waals surface area (Å²) in [7, 11) is 3.97. The average Bonchev–Trinajstić information content (AvgIpc) is 3.37. The topological polar surface area (TPSA) is 63.8 Å². The summed E-state index contributed by atoms with van der Waals surface area (Å²) < 4.78 is 81.3. The molecule has 3 aromatic rings. The zero-order chi connectivity index (χ0) is 32.1. The van der Waals surface area contributed by atoms with E-state index >= 15 is 0 Å². The normalized spacial score (nSPS) is 17.1. The van der Waals surface area contributed by atoms with E-state index in [-0.39, 0.29) is 12.6 Å². The number of hydrogen-bond donors (Lipinski definition) is 2. The smallest absolute Gasteiger partial charge is 0.361 e. The molecule has 1 aromatic heterocycles. The van der Waals surface area contributed by atoms with Crippen LogP contribution in [0.15, 0.2) is 60.4 Å². The Labute approximate surface area is 252 Å². The summed E-state index contributed by atoms with van der Waals surface area (Å²) in [5.41, 5.74) is 1.81. The summed E-state index contributed by atoms with van der Waals surface area (Å²) in [4.78, 5) is 27.9. The molecule has 1 atom stereocenters. The minimum atomic E-state index is -5.05. The van der Waals surface area contributed by atoms with Crippen molar-refractivity contribution in [2.75, 3.05) is 53.4 Å². The molecule has 0 unspecified atom stereocenters. The van der Waals surface area contributed by atoms with Crippen LogP contribution >= 0.6 is 0 Å². The summed E-state index contributed by atoms with van der Waals surface area (Å²) in [6.45, 7) is 4.67. The second-order valence-corrected chi connectivity index (χ2v) is 11.3. The maximum absolute atomic E-state index is 13.7. The molecule has 2 aromatic carbocycles. The van der Waals surface area contributed by atoms with E-state index in [1.807, 2.05) is 57.6 Å². The van der Waals surface area contributed by atoms with E-state index in [0.29, 0.717) is 44.8 Å². The van der Waals surface area contributed by atoms with Gasteiger partial charge in [-0.15, -0.1) is 0 Å². The van der Waals surface area contributed by atoms with Crippen LogP contribution in [0.2, 0.25) is 0 Å². The van der Waals surface area contributed by atoms with Crippen LogP contribution in [0.25, 0.3) is 10.9 Å². The van der Waals surface area contributed by atoms with Gasteiger partial charge in [-0.2, -0.15) is 26.3 Å². The van der Waals surface area contributed by atoms with Crippen molar-refractivity contribution in [1.82, 2.24) is 25.2 Å². The van der Waals surface area contributed by atoms with Gasteiger partial charge in [-0.25, -0.2) is 0 Å². The number of aromatic nitrogens is 1. The minimum absolute atomic E-state index is 0.0345. The molecule has 0 radical (unpaired) electrons. The van der Waals surface area contributed by atoms with Crippen molar-refractivity contribution in [1.29, 1.82) is 0 Å². The molecular weight excluding hydrogens is 588 g/mol. The Bertz CT molecular complexity index is 1420.